The summed E-state index contributed by atoms with van der Waals surface area (Å²) in [5.41, 5.74) is 2.00. The summed E-state index contributed by atoms with van der Waals surface area (Å²) in [7, 11) is 3.32. The molecule has 0 spiro atoms. The van der Waals surface area contributed by atoms with E-state index >= 15 is 0 Å². The minimum atomic E-state index is -4.41. The maximum atomic E-state index is 13.5. The van der Waals surface area contributed by atoms with Crippen molar-refractivity contribution in [3.8, 4) is 16.9 Å². The van der Waals surface area contributed by atoms with Crippen LogP contribution in [0, 0.1) is 5.82 Å². The first-order chi connectivity index (χ1) is 18.0. The van der Waals surface area contributed by atoms with E-state index in [9.17, 15) is 27.5 Å². The fraction of sp³-hybridized carbons (Fsp3) is 0.296. The number of hydrogen-bond donors (Lipinski definition) is 1. The quantitative estimate of drug-likeness (QED) is 0.245. The van der Waals surface area contributed by atoms with Crippen LogP contribution in [0.4, 0.5) is 17.6 Å². The average molecular weight is 533 g/mol. The molecule has 4 aromatic rings. The summed E-state index contributed by atoms with van der Waals surface area (Å²) in [5.74, 6) is -0.626. The average Bonchev–Trinajstić information content (AvgIpc) is 3.31. The number of aromatic hydroxyl groups is 1. The van der Waals surface area contributed by atoms with Gasteiger partial charge in [0.05, 0.1) is 30.3 Å². The number of aromatic nitrogens is 3. The number of halogens is 4. The predicted octanol–water partition coefficient (Wildman–Crippen LogP) is 5.33. The fourth-order valence-electron chi connectivity index (χ4n) is 3.85. The number of carbonyl (C=O) groups excluding carboxylic acids is 1. The van der Waals surface area contributed by atoms with Crippen molar-refractivity contribution in [1.29, 1.82) is 0 Å². The van der Waals surface area contributed by atoms with Crippen LogP contribution < -0.4 is 0 Å². The van der Waals surface area contributed by atoms with Crippen LogP contribution in [0.25, 0.3) is 16.8 Å². The van der Waals surface area contributed by atoms with Crippen LogP contribution in [-0.2, 0) is 22.1 Å². The van der Waals surface area contributed by atoms with Crippen molar-refractivity contribution in [2.24, 2.45) is 0 Å². The van der Waals surface area contributed by atoms with E-state index in [0.29, 0.717) is 42.0 Å². The molecule has 2 aromatic heterocycles. The van der Waals surface area contributed by atoms with Crippen LogP contribution in [0.5, 0.6) is 5.75 Å². The molecule has 202 valence electrons. The van der Waals surface area contributed by atoms with Crippen molar-refractivity contribution in [2.75, 3.05) is 27.3 Å². The maximum Gasteiger partial charge on any atom is 0.416 e. The second kappa shape index (κ2) is 12.5. The minimum Gasteiger partial charge on any atom is -0.504 e. The van der Waals surface area contributed by atoms with Crippen LogP contribution in [0.15, 0.2) is 60.9 Å². The monoisotopic (exact) mass is 532 g/mol. The van der Waals surface area contributed by atoms with Crippen LogP contribution in [0.2, 0.25) is 0 Å². The number of likely N-dealkylation sites (N-methyl/N-ethyl adjacent to an activating group) is 1. The molecule has 0 aliphatic rings. The molecular weight excluding hydrogens is 504 g/mol. The zero-order chi connectivity index (χ0) is 27.9. The maximum absolute atomic E-state index is 13.5. The van der Waals surface area contributed by atoms with Gasteiger partial charge in [-0.3, -0.25) is 4.79 Å². The molecule has 0 saturated carbocycles. The Labute approximate surface area is 217 Å². The van der Waals surface area contributed by atoms with Crippen LogP contribution >= 0.6 is 0 Å². The number of alkyl halides is 3. The van der Waals surface area contributed by atoms with Gasteiger partial charge in [-0.25, -0.2) is 13.9 Å². The topological polar surface area (TPSA) is 80.0 Å². The molecule has 2 aromatic carbocycles. The lowest BCUT2D eigenvalue weighted by Gasteiger charge is -2.15. The Bertz CT molecular complexity index is 1360. The number of carbonyl (C=O) groups is 1. The van der Waals surface area contributed by atoms with Gasteiger partial charge in [-0.05, 0) is 41.8 Å². The molecule has 11 heteroatoms. The Morgan fingerprint density at radius 2 is 1.87 bits per heavy atom. The summed E-state index contributed by atoms with van der Waals surface area (Å²) in [4.78, 5) is 15.6. The SMILES string of the molecule is CC(Cc1cccc(F)c1)c1c(O)cnc2c(-c3ccc(C(F)(F)F)cc3)cnn12.COCCN(C)C=O. The molecule has 4 rings (SSSR count). The number of nitrogens with zero attached hydrogens (tertiary/aromatic N) is 4. The zero-order valence-electron chi connectivity index (χ0n) is 21.1. The van der Waals surface area contributed by atoms with Gasteiger partial charge in [0.1, 0.15) is 5.82 Å². The van der Waals surface area contributed by atoms with Crippen molar-refractivity contribution in [3.05, 3.63) is 83.6 Å². The lowest BCUT2D eigenvalue weighted by Crippen LogP contribution is -2.20. The third-order valence-corrected chi connectivity index (χ3v) is 5.79. The van der Waals surface area contributed by atoms with Crippen LogP contribution in [0.3, 0.4) is 0 Å². The molecule has 0 aliphatic carbocycles. The summed E-state index contributed by atoms with van der Waals surface area (Å²) in [5, 5.41) is 14.7. The largest absolute Gasteiger partial charge is 0.504 e. The van der Waals surface area contributed by atoms with Crippen molar-refractivity contribution < 1.29 is 32.2 Å². The van der Waals surface area contributed by atoms with Gasteiger partial charge in [0.15, 0.2) is 11.4 Å². The first-order valence-electron chi connectivity index (χ1n) is 11.7. The Balaban J connectivity index is 0.000000436. The molecule has 0 bridgehead atoms. The van der Waals surface area contributed by atoms with E-state index in [4.69, 9.17) is 4.74 Å². The summed E-state index contributed by atoms with van der Waals surface area (Å²) >= 11 is 0. The zero-order valence-corrected chi connectivity index (χ0v) is 21.1. The van der Waals surface area contributed by atoms with Crippen LogP contribution in [-0.4, -0.2) is 58.3 Å². The first kappa shape index (κ1) is 28.6. The summed E-state index contributed by atoms with van der Waals surface area (Å²) < 4.78 is 58.2. The van der Waals surface area contributed by atoms with Gasteiger partial charge < -0.3 is 14.7 Å². The van der Waals surface area contributed by atoms with E-state index in [-0.39, 0.29) is 17.5 Å². The van der Waals surface area contributed by atoms with E-state index in [0.717, 1.165) is 24.1 Å². The molecule has 7 nitrogen and oxygen atoms in total. The van der Waals surface area contributed by atoms with Gasteiger partial charge in [0.25, 0.3) is 0 Å². The van der Waals surface area contributed by atoms with Gasteiger partial charge in [-0.15, -0.1) is 0 Å². The molecular formula is C27H28F4N4O3. The van der Waals surface area contributed by atoms with E-state index < -0.39 is 11.7 Å². The second-order valence-electron chi connectivity index (χ2n) is 8.71. The normalized spacial score (nSPS) is 12.1. The number of ether oxygens (including phenoxy) is 1. The smallest absolute Gasteiger partial charge is 0.416 e. The molecule has 0 saturated heterocycles. The third-order valence-electron chi connectivity index (χ3n) is 5.79. The highest BCUT2D eigenvalue weighted by Crippen LogP contribution is 2.34. The molecule has 0 radical (unpaired) electrons. The van der Waals surface area contributed by atoms with Gasteiger partial charge in [-0.2, -0.15) is 18.3 Å². The molecule has 1 amide bonds. The number of benzene rings is 2. The van der Waals surface area contributed by atoms with E-state index in [1.165, 1.54) is 46.1 Å². The van der Waals surface area contributed by atoms with Crippen molar-refractivity contribution >= 4 is 12.1 Å². The van der Waals surface area contributed by atoms with Crippen molar-refractivity contribution in [2.45, 2.75) is 25.4 Å². The van der Waals surface area contributed by atoms with Gasteiger partial charge in [0, 0.05) is 32.2 Å². The molecule has 38 heavy (non-hydrogen) atoms. The molecule has 0 aliphatic heterocycles. The summed E-state index contributed by atoms with van der Waals surface area (Å²) in [6, 6.07) is 11.0. The molecule has 0 fully saturated rings. The number of methoxy groups -OCH3 is 1. The van der Waals surface area contributed by atoms with E-state index in [2.05, 4.69) is 10.1 Å². The van der Waals surface area contributed by atoms with E-state index in [1.807, 2.05) is 6.92 Å². The number of rotatable bonds is 8. The fourth-order valence-corrected chi connectivity index (χ4v) is 3.85. The molecule has 1 N–H and O–H groups in total. The number of amides is 1. The minimum absolute atomic E-state index is 0.0616. The standard InChI is InChI=1S/C22H17F4N3O.C5H11NO2/c1-13(9-14-3-2-4-17(23)10-14)20-19(30)12-27-21-18(11-28-29(20)21)15-5-7-16(8-6-15)22(24,25)26;1-6(5-7)3-4-8-2/h2-8,10-13,30H,9H2,1H3;5H,3-4H2,1-2H3. The number of hydrogen-bond acceptors (Lipinski definition) is 5. The van der Waals surface area contributed by atoms with Crippen molar-refractivity contribution in [3.63, 3.8) is 0 Å². The second-order valence-corrected chi connectivity index (χ2v) is 8.71. The number of fused-ring (bicyclic) bond motifs is 1. The Hall–Kier alpha value is -3.99. The Morgan fingerprint density at radius 1 is 1.16 bits per heavy atom. The highest BCUT2D eigenvalue weighted by molar-refractivity contribution is 5.77. The molecule has 1 unspecified atom stereocenters. The lowest BCUT2D eigenvalue weighted by atomic mass is 9.97. The molecule has 2 heterocycles. The third kappa shape index (κ3) is 7.06. The Kier molecular flexibility index (Phi) is 9.40. The lowest BCUT2D eigenvalue weighted by molar-refractivity contribution is -0.137. The van der Waals surface area contributed by atoms with Crippen molar-refractivity contribution in [1.82, 2.24) is 19.5 Å². The van der Waals surface area contributed by atoms with Gasteiger partial charge >= 0.3 is 6.18 Å². The first-order valence-corrected chi connectivity index (χ1v) is 11.7. The molecule has 1 atom stereocenters. The summed E-state index contributed by atoms with van der Waals surface area (Å²) in [6.07, 6.45) is -0.382. The Morgan fingerprint density at radius 3 is 2.47 bits per heavy atom. The summed E-state index contributed by atoms with van der Waals surface area (Å²) in [6.45, 7) is 3.15. The van der Waals surface area contributed by atoms with E-state index in [1.54, 1.807) is 26.3 Å². The van der Waals surface area contributed by atoms with Crippen LogP contribution in [0.1, 0.15) is 29.7 Å². The highest BCUT2D eigenvalue weighted by Gasteiger charge is 2.30. The van der Waals surface area contributed by atoms with Gasteiger partial charge in [-0.1, -0.05) is 31.2 Å². The highest BCUT2D eigenvalue weighted by atomic mass is 19.4. The predicted molar refractivity (Wildman–Crippen MR) is 134 cm³/mol. The van der Waals surface area contributed by atoms with Gasteiger partial charge in [0.2, 0.25) is 6.41 Å².